The highest BCUT2D eigenvalue weighted by atomic mass is 19.1. The van der Waals surface area contributed by atoms with Gasteiger partial charge in [0.15, 0.2) is 0 Å². The standard InChI is InChI=1S/C29H29FN2O4/c1-29(2,3)31-28(34)27(21-12-14-22(30)15-13-21)32(23-17-24(35-4)19-25(18-23)36-5)26(33)16-11-20-9-7-6-8-10-20/h6-10,12-15,17-19,27H,1-5H3,(H,31,34). The Kier molecular flexibility index (Phi) is 8.34. The molecule has 3 aromatic rings. The molecule has 36 heavy (non-hydrogen) atoms. The van der Waals surface area contributed by atoms with Gasteiger partial charge in [-0.05, 0) is 50.6 Å². The van der Waals surface area contributed by atoms with Crippen LogP contribution >= 0.6 is 0 Å². The highest BCUT2D eigenvalue weighted by Gasteiger charge is 2.34. The summed E-state index contributed by atoms with van der Waals surface area (Å²) in [7, 11) is 2.98. The Bertz CT molecular complexity index is 1250. The van der Waals surface area contributed by atoms with Gasteiger partial charge < -0.3 is 14.8 Å². The molecule has 0 heterocycles. The number of ether oxygens (including phenoxy) is 2. The van der Waals surface area contributed by atoms with Crippen molar-refractivity contribution in [2.45, 2.75) is 32.4 Å². The lowest BCUT2D eigenvalue weighted by molar-refractivity contribution is -0.126. The first-order valence-electron chi connectivity index (χ1n) is 11.3. The van der Waals surface area contributed by atoms with E-state index in [4.69, 9.17) is 9.47 Å². The number of nitrogens with one attached hydrogen (secondary N) is 1. The maximum absolute atomic E-state index is 13.8. The van der Waals surface area contributed by atoms with Gasteiger partial charge in [-0.3, -0.25) is 14.5 Å². The second kappa shape index (κ2) is 11.4. The zero-order valence-corrected chi connectivity index (χ0v) is 21.0. The summed E-state index contributed by atoms with van der Waals surface area (Å²) in [6.07, 6.45) is 0. The molecule has 2 amide bonds. The van der Waals surface area contributed by atoms with Gasteiger partial charge in [0.05, 0.1) is 19.9 Å². The number of carbonyl (C=O) groups excluding carboxylic acids is 2. The van der Waals surface area contributed by atoms with Crippen molar-refractivity contribution < 1.29 is 23.5 Å². The second-order valence-corrected chi connectivity index (χ2v) is 9.06. The fraction of sp³-hybridized carbons (Fsp3) is 0.241. The number of carbonyl (C=O) groups is 2. The number of nitrogens with zero attached hydrogens (tertiary/aromatic N) is 1. The first-order chi connectivity index (χ1) is 17.1. The van der Waals surface area contributed by atoms with Crippen molar-refractivity contribution in [3.63, 3.8) is 0 Å². The van der Waals surface area contributed by atoms with Gasteiger partial charge in [-0.25, -0.2) is 4.39 Å². The number of anilines is 1. The number of methoxy groups -OCH3 is 2. The molecule has 7 heteroatoms. The molecule has 0 spiro atoms. The number of halogens is 1. The average Bonchev–Trinajstić information content (AvgIpc) is 2.85. The van der Waals surface area contributed by atoms with Gasteiger partial charge >= 0.3 is 5.91 Å². The SMILES string of the molecule is COc1cc(OC)cc(N(C(=O)C#Cc2ccccc2)C(C(=O)NC(C)(C)C)c2ccc(F)cc2)c1. The average molecular weight is 489 g/mol. The highest BCUT2D eigenvalue weighted by molar-refractivity contribution is 6.10. The van der Waals surface area contributed by atoms with E-state index in [1.807, 2.05) is 39.0 Å². The maximum Gasteiger partial charge on any atom is 0.304 e. The van der Waals surface area contributed by atoms with E-state index >= 15 is 0 Å². The highest BCUT2D eigenvalue weighted by Crippen LogP contribution is 2.34. The molecule has 1 unspecified atom stereocenters. The van der Waals surface area contributed by atoms with Crippen LogP contribution in [-0.4, -0.2) is 31.6 Å². The van der Waals surface area contributed by atoms with E-state index < -0.39 is 29.2 Å². The zero-order chi connectivity index (χ0) is 26.3. The van der Waals surface area contributed by atoms with Gasteiger partial charge in [-0.2, -0.15) is 0 Å². The van der Waals surface area contributed by atoms with Crippen molar-refractivity contribution >= 4 is 17.5 Å². The number of hydrogen-bond donors (Lipinski definition) is 1. The largest absolute Gasteiger partial charge is 0.497 e. The van der Waals surface area contributed by atoms with Gasteiger partial charge in [-0.15, -0.1) is 0 Å². The predicted octanol–water partition coefficient (Wildman–Crippen LogP) is 4.88. The smallest absolute Gasteiger partial charge is 0.304 e. The molecular weight excluding hydrogens is 459 g/mol. The van der Waals surface area contributed by atoms with E-state index in [9.17, 15) is 14.0 Å². The molecule has 0 radical (unpaired) electrons. The van der Waals surface area contributed by atoms with Gasteiger partial charge in [-0.1, -0.05) is 36.3 Å². The molecular formula is C29H29FN2O4. The summed E-state index contributed by atoms with van der Waals surface area (Å²) in [5.41, 5.74) is 0.796. The Morgan fingerprint density at radius 2 is 1.50 bits per heavy atom. The van der Waals surface area contributed by atoms with Crippen molar-refractivity contribution in [3.8, 4) is 23.3 Å². The van der Waals surface area contributed by atoms with Crippen molar-refractivity contribution in [2.24, 2.45) is 0 Å². The molecule has 0 aliphatic heterocycles. The van der Waals surface area contributed by atoms with Crippen LogP contribution in [-0.2, 0) is 9.59 Å². The van der Waals surface area contributed by atoms with E-state index in [1.54, 1.807) is 30.3 Å². The molecule has 0 aliphatic carbocycles. The number of benzene rings is 3. The summed E-state index contributed by atoms with van der Waals surface area (Å²) >= 11 is 0. The van der Waals surface area contributed by atoms with E-state index in [0.717, 1.165) is 0 Å². The molecule has 3 aromatic carbocycles. The van der Waals surface area contributed by atoms with Crippen LogP contribution in [0.4, 0.5) is 10.1 Å². The molecule has 0 aliphatic rings. The van der Waals surface area contributed by atoms with Gasteiger partial charge in [0.1, 0.15) is 23.4 Å². The zero-order valence-electron chi connectivity index (χ0n) is 21.0. The number of amides is 2. The number of hydrogen-bond acceptors (Lipinski definition) is 4. The van der Waals surface area contributed by atoms with Gasteiger partial charge in [0.25, 0.3) is 0 Å². The van der Waals surface area contributed by atoms with Crippen molar-refractivity contribution in [2.75, 3.05) is 19.1 Å². The second-order valence-electron chi connectivity index (χ2n) is 9.06. The quantitative estimate of drug-likeness (QED) is 0.502. The van der Waals surface area contributed by atoms with Crippen molar-refractivity contribution in [3.05, 3.63) is 89.7 Å². The molecule has 0 bridgehead atoms. The normalized spacial score (nSPS) is 11.5. The summed E-state index contributed by atoms with van der Waals surface area (Å²) in [4.78, 5) is 28.6. The van der Waals surface area contributed by atoms with E-state index in [2.05, 4.69) is 17.2 Å². The summed E-state index contributed by atoms with van der Waals surface area (Å²) in [5.74, 6) is 4.81. The van der Waals surface area contributed by atoms with E-state index in [-0.39, 0.29) is 0 Å². The van der Waals surface area contributed by atoms with Crippen LogP contribution < -0.4 is 19.7 Å². The van der Waals surface area contributed by atoms with Crippen LogP contribution in [0.15, 0.2) is 72.8 Å². The molecule has 186 valence electrons. The minimum Gasteiger partial charge on any atom is -0.497 e. The third-order valence-corrected chi connectivity index (χ3v) is 5.11. The summed E-state index contributed by atoms with van der Waals surface area (Å²) in [6, 6.07) is 18.2. The minimum atomic E-state index is -1.15. The summed E-state index contributed by atoms with van der Waals surface area (Å²) in [6.45, 7) is 5.51. The molecule has 6 nitrogen and oxygen atoms in total. The van der Waals surface area contributed by atoms with Crippen molar-refractivity contribution in [1.29, 1.82) is 0 Å². The first kappa shape index (κ1) is 26.3. The first-order valence-corrected chi connectivity index (χ1v) is 11.3. The maximum atomic E-state index is 13.8. The van der Waals surface area contributed by atoms with Crippen LogP contribution in [0.1, 0.15) is 37.9 Å². The Morgan fingerprint density at radius 1 is 0.917 bits per heavy atom. The lowest BCUT2D eigenvalue weighted by Crippen LogP contribution is -2.49. The molecule has 0 fully saturated rings. The van der Waals surface area contributed by atoms with Crippen LogP contribution in [0.2, 0.25) is 0 Å². The fourth-order valence-electron chi connectivity index (χ4n) is 3.52. The molecule has 1 N–H and O–H groups in total. The third-order valence-electron chi connectivity index (χ3n) is 5.11. The van der Waals surface area contributed by atoms with Crippen LogP contribution in [0.5, 0.6) is 11.5 Å². The predicted molar refractivity (Wildman–Crippen MR) is 137 cm³/mol. The lowest BCUT2D eigenvalue weighted by Gasteiger charge is -2.33. The Morgan fingerprint density at radius 3 is 2.03 bits per heavy atom. The van der Waals surface area contributed by atoms with Crippen LogP contribution in [0.3, 0.4) is 0 Å². The Labute approximate surface area is 211 Å². The van der Waals surface area contributed by atoms with Gasteiger partial charge in [0.2, 0.25) is 5.91 Å². The Hall–Kier alpha value is -4.31. The van der Waals surface area contributed by atoms with E-state index in [1.165, 1.54) is 43.4 Å². The van der Waals surface area contributed by atoms with Crippen molar-refractivity contribution in [1.82, 2.24) is 5.32 Å². The van der Waals surface area contributed by atoms with E-state index in [0.29, 0.717) is 28.3 Å². The summed E-state index contributed by atoms with van der Waals surface area (Å²) in [5, 5.41) is 2.93. The topological polar surface area (TPSA) is 67.9 Å². The fourth-order valence-corrected chi connectivity index (χ4v) is 3.52. The lowest BCUT2D eigenvalue weighted by atomic mass is 10.0. The minimum absolute atomic E-state index is 0.331. The summed E-state index contributed by atoms with van der Waals surface area (Å²) < 4.78 is 24.6. The molecule has 3 rings (SSSR count). The van der Waals surface area contributed by atoms with Crippen LogP contribution in [0, 0.1) is 17.7 Å². The Balaban J connectivity index is 2.22. The molecule has 0 aromatic heterocycles. The number of rotatable bonds is 6. The molecule has 0 saturated carbocycles. The molecule has 1 atom stereocenters. The monoisotopic (exact) mass is 488 g/mol. The molecule has 0 saturated heterocycles. The van der Waals surface area contributed by atoms with Gasteiger partial charge in [0, 0.05) is 35.2 Å². The third kappa shape index (κ3) is 6.86. The van der Waals surface area contributed by atoms with Crippen LogP contribution in [0.25, 0.3) is 0 Å².